The number of ether oxygens (including phenoxy) is 2. The fourth-order valence-electron chi connectivity index (χ4n) is 3.89. The SMILES string of the molecule is O=C(OC(c1ccccc1)c1ccccc1)[C@@H]1CCCC(=O)N1C(=O)OCc1ccccc1. The number of likely N-dealkylation sites (tertiary alicyclic amines) is 1. The predicted molar refractivity (Wildman–Crippen MR) is 122 cm³/mol. The van der Waals surface area contributed by atoms with Crippen LogP contribution in [0.1, 0.15) is 42.1 Å². The molecule has 0 unspecified atom stereocenters. The second-order valence-electron chi connectivity index (χ2n) is 7.85. The summed E-state index contributed by atoms with van der Waals surface area (Å²) in [5.74, 6) is -1.06. The molecule has 1 heterocycles. The van der Waals surface area contributed by atoms with Crippen LogP contribution in [-0.4, -0.2) is 28.9 Å². The van der Waals surface area contributed by atoms with Gasteiger partial charge >= 0.3 is 12.1 Å². The molecule has 1 saturated heterocycles. The van der Waals surface area contributed by atoms with Crippen molar-refractivity contribution < 1.29 is 23.9 Å². The molecule has 0 saturated carbocycles. The van der Waals surface area contributed by atoms with Crippen molar-refractivity contribution in [2.75, 3.05) is 0 Å². The first-order chi connectivity index (χ1) is 16.1. The van der Waals surface area contributed by atoms with Gasteiger partial charge in [0.05, 0.1) is 0 Å². The first kappa shape index (κ1) is 22.3. The van der Waals surface area contributed by atoms with Crippen LogP contribution in [0.3, 0.4) is 0 Å². The van der Waals surface area contributed by atoms with E-state index in [4.69, 9.17) is 9.47 Å². The molecule has 0 aliphatic carbocycles. The van der Waals surface area contributed by atoms with Crippen molar-refractivity contribution in [2.45, 2.75) is 38.0 Å². The lowest BCUT2D eigenvalue weighted by Crippen LogP contribution is -2.52. The Bertz CT molecular complexity index is 1050. The first-order valence-electron chi connectivity index (χ1n) is 11.0. The molecule has 33 heavy (non-hydrogen) atoms. The van der Waals surface area contributed by atoms with Gasteiger partial charge in [-0.25, -0.2) is 14.5 Å². The molecule has 0 N–H and O–H groups in total. The minimum Gasteiger partial charge on any atom is -0.451 e. The number of imide groups is 1. The van der Waals surface area contributed by atoms with E-state index in [0.717, 1.165) is 21.6 Å². The third-order valence-electron chi connectivity index (χ3n) is 5.56. The van der Waals surface area contributed by atoms with Crippen molar-refractivity contribution in [1.82, 2.24) is 4.90 Å². The molecule has 6 heteroatoms. The van der Waals surface area contributed by atoms with E-state index in [-0.39, 0.29) is 13.0 Å². The Morgan fingerprint density at radius 2 is 1.39 bits per heavy atom. The molecule has 1 aliphatic rings. The molecule has 1 fully saturated rings. The Balaban J connectivity index is 1.52. The highest BCUT2D eigenvalue weighted by molar-refractivity contribution is 5.97. The zero-order valence-electron chi connectivity index (χ0n) is 18.1. The number of esters is 1. The lowest BCUT2D eigenvalue weighted by Gasteiger charge is -2.32. The van der Waals surface area contributed by atoms with Gasteiger partial charge in [0.2, 0.25) is 5.91 Å². The molecule has 3 aromatic rings. The van der Waals surface area contributed by atoms with Crippen LogP contribution in [0.2, 0.25) is 0 Å². The highest BCUT2D eigenvalue weighted by Gasteiger charge is 2.40. The molecule has 2 amide bonds. The average Bonchev–Trinajstić information content (AvgIpc) is 2.87. The highest BCUT2D eigenvalue weighted by atomic mass is 16.6. The number of piperidine rings is 1. The maximum atomic E-state index is 13.3. The van der Waals surface area contributed by atoms with Crippen molar-refractivity contribution in [3.05, 3.63) is 108 Å². The van der Waals surface area contributed by atoms with Crippen molar-refractivity contribution in [1.29, 1.82) is 0 Å². The molecule has 6 nitrogen and oxygen atoms in total. The number of carbonyl (C=O) groups excluding carboxylic acids is 3. The molecule has 0 aromatic heterocycles. The highest BCUT2D eigenvalue weighted by Crippen LogP contribution is 2.29. The largest absolute Gasteiger partial charge is 0.451 e. The maximum Gasteiger partial charge on any atom is 0.417 e. The monoisotopic (exact) mass is 443 g/mol. The Kier molecular flexibility index (Phi) is 7.15. The number of hydrogen-bond acceptors (Lipinski definition) is 5. The standard InChI is InChI=1S/C27H25NO5/c29-24-18-10-17-23(28(24)27(31)32-19-20-11-4-1-5-12-20)26(30)33-25(21-13-6-2-7-14-21)22-15-8-3-9-16-22/h1-9,11-16,23,25H,10,17-19H2/t23-/m0/s1. The molecule has 3 aromatic carbocycles. The van der Waals surface area contributed by atoms with Crippen LogP contribution in [0.15, 0.2) is 91.0 Å². The van der Waals surface area contributed by atoms with Crippen LogP contribution in [0.25, 0.3) is 0 Å². The van der Waals surface area contributed by atoms with Gasteiger partial charge in [-0.15, -0.1) is 0 Å². The molecule has 168 valence electrons. The van der Waals surface area contributed by atoms with E-state index in [1.807, 2.05) is 91.0 Å². The van der Waals surface area contributed by atoms with E-state index in [9.17, 15) is 14.4 Å². The molecule has 1 atom stereocenters. The fraction of sp³-hybridized carbons (Fsp3) is 0.222. The van der Waals surface area contributed by atoms with Crippen LogP contribution in [0, 0.1) is 0 Å². The third-order valence-corrected chi connectivity index (χ3v) is 5.56. The summed E-state index contributed by atoms with van der Waals surface area (Å²) in [6.45, 7) is 0.0158. The summed E-state index contributed by atoms with van der Waals surface area (Å²) in [5.41, 5.74) is 2.40. The summed E-state index contributed by atoms with van der Waals surface area (Å²) in [6.07, 6.45) is -0.463. The minimum absolute atomic E-state index is 0.0158. The van der Waals surface area contributed by atoms with Crippen LogP contribution in [-0.2, 0) is 25.7 Å². The topological polar surface area (TPSA) is 72.9 Å². The summed E-state index contributed by atoms with van der Waals surface area (Å²) in [7, 11) is 0. The van der Waals surface area contributed by atoms with Gasteiger partial charge in [-0.3, -0.25) is 4.79 Å². The molecule has 0 radical (unpaired) electrons. The van der Waals surface area contributed by atoms with Crippen molar-refractivity contribution in [2.24, 2.45) is 0 Å². The number of benzene rings is 3. The Labute approximate surface area is 192 Å². The zero-order chi connectivity index (χ0) is 23.0. The first-order valence-corrected chi connectivity index (χ1v) is 11.0. The van der Waals surface area contributed by atoms with E-state index >= 15 is 0 Å². The van der Waals surface area contributed by atoms with Crippen molar-refractivity contribution >= 4 is 18.0 Å². The van der Waals surface area contributed by atoms with Gasteiger partial charge in [0.25, 0.3) is 0 Å². The number of hydrogen-bond donors (Lipinski definition) is 0. The summed E-state index contributed by atoms with van der Waals surface area (Å²) >= 11 is 0. The van der Waals surface area contributed by atoms with Crippen LogP contribution >= 0.6 is 0 Å². The van der Waals surface area contributed by atoms with Crippen LogP contribution < -0.4 is 0 Å². The third kappa shape index (κ3) is 5.47. The Morgan fingerprint density at radius 1 is 0.848 bits per heavy atom. The van der Waals surface area contributed by atoms with Gasteiger partial charge < -0.3 is 9.47 Å². The van der Waals surface area contributed by atoms with Gasteiger partial charge in [0.1, 0.15) is 12.6 Å². The number of rotatable bonds is 6. The summed E-state index contributed by atoms with van der Waals surface area (Å²) < 4.78 is 11.3. The summed E-state index contributed by atoms with van der Waals surface area (Å²) in [4.78, 5) is 39.6. The lowest BCUT2D eigenvalue weighted by molar-refractivity contribution is -0.159. The van der Waals surface area contributed by atoms with Crippen LogP contribution in [0.4, 0.5) is 4.79 Å². The summed E-state index contributed by atoms with van der Waals surface area (Å²) in [6, 6.07) is 26.9. The van der Waals surface area contributed by atoms with E-state index in [1.54, 1.807) is 0 Å². The quantitative estimate of drug-likeness (QED) is 0.499. The van der Waals surface area contributed by atoms with Gasteiger partial charge in [0.15, 0.2) is 6.10 Å². The Morgan fingerprint density at radius 3 is 1.97 bits per heavy atom. The number of nitrogens with zero attached hydrogens (tertiary/aromatic N) is 1. The second-order valence-corrected chi connectivity index (χ2v) is 7.85. The predicted octanol–water partition coefficient (Wildman–Crippen LogP) is 5.04. The molecule has 1 aliphatic heterocycles. The normalized spacial score (nSPS) is 15.8. The Hall–Kier alpha value is -3.93. The van der Waals surface area contributed by atoms with E-state index in [2.05, 4.69) is 0 Å². The fourth-order valence-corrected chi connectivity index (χ4v) is 3.89. The number of carbonyl (C=O) groups is 3. The van der Waals surface area contributed by atoms with E-state index < -0.39 is 30.1 Å². The van der Waals surface area contributed by atoms with Gasteiger partial charge in [-0.05, 0) is 29.5 Å². The van der Waals surface area contributed by atoms with Crippen molar-refractivity contribution in [3.63, 3.8) is 0 Å². The van der Waals surface area contributed by atoms with E-state index in [1.165, 1.54) is 0 Å². The molecule has 4 rings (SSSR count). The second kappa shape index (κ2) is 10.6. The smallest absolute Gasteiger partial charge is 0.417 e. The summed E-state index contributed by atoms with van der Waals surface area (Å²) in [5, 5.41) is 0. The van der Waals surface area contributed by atoms with Gasteiger partial charge in [0, 0.05) is 6.42 Å². The molecular weight excluding hydrogens is 418 g/mol. The van der Waals surface area contributed by atoms with E-state index in [0.29, 0.717) is 12.8 Å². The average molecular weight is 443 g/mol. The maximum absolute atomic E-state index is 13.3. The lowest BCUT2D eigenvalue weighted by atomic mass is 10.00. The van der Waals surface area contributed by atoms with Gasteiger partial charge in [-0.1, -0.05) is 91.0 Å². The van der Waals surface area contributed by atoms with Gasteiger partial charge in [-0.2, -0.15) is 0 Å². The zero-order valence-corrected chi connectivity index (χ0v) is 18.1. The van der Waals surface area contributed by atoms with Crippen LogP contribution in [0.5, 0.6) is 0 Å². The minimum atomic E-state index is -1.02. The van der Waals surface area contributed by atoms with Crippen molar-refractivity contribution in [3.8, 4) is 0 Å². The molecule has 0 bridgehead atoms. The molecular formula is C27H25NO5. The molecule has 0 spiro atoms. The number of amides is 2.